The highest BCUT2D eigenvalue weighted by molar-refractivity contribution is 6.12. The minimum atomic E-state index is 0.514. The van der Waals surface area contributed by atoms with E-state index < -0.39 is 0 Å². The van der Waals surface area contributed by atoms with Crippen molar-refractivity contribution in [1.82, 2.24) is 15.2 Å². The fourth-order valence-electron chi connectivity index (χ4n) is 2.71. The van der Waals surface area contributed by atoms with E-state index >= 15 is 0 Å². The summed E-state index contributed by atoms with van der Waals surface area (Å²) in [6.45, 7) is 0. The maximum absolute atomic E-state index is 8.42. The topological polar surface area (TPSA) is 65.4 Å². The van der Waals surface area contributed by atoms with E-state index in [2.05, 4.69) is 27.3 Å². The molecule has 4 rings (SSSR count). The predicted octanol–water partition coefficient (Wildman–Crippen LogP) is 2.47. The Morgan fingerprint density at radius 3 is 2.89 bits per heavy atom. The lowest BCUT2D eigenvalue weighted by Crippen LogP contribution is -2.07. The number of hydrogen-bond acceptors (Lipinski definition) is 3. The molecule has 2 aromatic heterocycles. The summed E-state index contributed by atoms with van der Waals surface area (Å²) >= 11 is 0. The molecule has 4 nitrogen and oxygen atoms in total. The van der Waals surface area contributed by atoms with Gasteiger partial charge in [-0.05, 0) is 30.0 Å². The molecule has 0 bridgehead atoms. The molecule has 0 unspecified atom stereocenters. The van der Waals surface area contributed by atoms with Crippen LogP contribution in [0.15, 0.2) is 36.5 Å². The molecule has 2 heterocycles. The van der Waals surface area contributed by atoms with Crippen molar-refractivity contribution in [1.29, 1.82) is 5.41 Å². The molecule has 2 N–H and O–H groups in total. The van der Waals surface area contributed by atoms with Gasteiger partial charge >= 0.3 is 0 Å². The van der Waals surface area contributed by atoms with Gasteiger partial charge < -0.3 is 0 Å². The van der Waals surface area contributed by atoms with E-state index in [4.69, 9.17) is 5.41 Å². The fraction of sp³-hybridized carbons (Fsp3) is 0.133. The van der Waals surface area contributed by atoms with Crippen molar-refractivity contribution >= 4 is 16.7 Å². The van der Waals surface area contributed by atoms with E-state index in [0.29, 0.717) is 5.71 Å². The second-order valence-corrected chi connectivity index (χ2v) is 4.84. The molecule has 0 aliphatic heterocycles. The Bertz CT molecular complexity index is 801. The van der Waals surface area contributed by atoms with Gasteiger partial charge in [-0.1, -0.05) is 24.3 Å². The lowest BCUT2D eigenvalue weighted by molar-refractivity contribution is 0.959. The third-order valence-electron chi connectivity index (χ3n) is 3.69. The Hall–Kier alpha value is -2.49. The van der Waals surface area contributed by atoms with Crippen LogP contribution in [0.2, 0.25) is 0 Å². The van der Waals surface area contributed by atoms with E-state index in [1.807, 2.05) is 18.2 Å². The van der Waals surface area contributed by atoms with Crippen LogP contribution in [0.1, 0.15) is 22.4 Å². The van der Waals surface area contributed by atoms with E-state index in [0.717, 1.165) is 40.7 Å². The van der Waals surface area contributed by atoms with E-state index in [-0.39, 0.29) is 0 Å². The summed E-state index contributed by atoms with van der Waals surface area (Å²) in [4.78, 5) is 4.57. The number of benzene rings is 1. The number of nitrogens with one attached hydrogen (secondary N) is 2. The van der Waals surface area contributed by atoms with Gasteiger partial charge in [0, 0.05) is 10.9 Å². The zero-order valence-corrected chi connectivity index (χ0v) is 10.3. The quantitative estimate of drug-likeness (QED) is 0.642. The summed E-state index contributed by atoms with van der Waals surface area (Å²) in [5, 5.41) is 16.3. The summed E-state index contributed by atoms with van der Waals surface area (Å²) in [6.07, 6.45) is 3.66. The van der Waals surface area contributed by atoms with E-state index in [9.17, 15) is 0 Å². The van der Waals surface area contributed by atoms with Crippen LogP contribution in [-0.4, -0.2) is 20.9 Å². The van der Waals surface area contributed by atoms with Crippen LogP contribution in [-0.2, 0) is 12.8 Å². The summed E-state index contributed by atoms with van der Waals surface area (Å²) in [6, 6.07) is 10.2. The monoisotopic (exact) mass is 248 g/mol. The minimum Gasteiger partial charge on any atom is -0.298 e. The molecule has 0 atom stereocenters. The van der Waals surface area contributed by atoms with Gasteiger partial charge in [0.15, 0.2) is 5.65 Å². The molecule has 0 fully saturated rings. The van der Waals surface area contributed by atoms with Crippen LogP contribution in [0.4, 0.5) is 0 Å². The Labute approximate surface area is 110 Å². The molecule has 3 aromatic rings. The molecule has 19 heavy (non-hydrogen) atoms. The molecular weight excluding hydrogens is 236 g/mol. The average Bonchev–Trinajstić information content (AvgIpc) is 2.85. The van der Waals surface area contributed by atoms with E-state index in [1.165, 1.54) is 5.56 Å². The van der Waals surface area contributed by atoms with Crippen LogP contribution in [0, 0.1) is 5.41 Å². The van der Waals surface area contributed by atoms with Gasteiger partial charge in [0.2, 0.25) is 0 Å². The number of pyridine rings is 1. The first-order chi connectivity index (χ1) is 9.33. The molecule has 4 heteroatoms. The maximum Gasteiger partial charge on any atom is 0.155 e. The van der Waals surface area contributed by atoms with Gasteiger partial charge in [-0.2, -0.15) is 5.10 Å². The van der Waals surface area contributed by atoms with Gasteiger partial charge in [0.1, 0.15) is 0 Å². The highest BCUT2D eigenvalue weighted by Crippen LogP contribution is 2.25. The zero-order chi connectivity index (χ0) is 12.8. The summed E-state index contributed by atoms with van der Waals surface area (Å²) in [5.74, 6) is 0. The zero-order valence-electron chi connectivity index (χ0n) is 10.3. The van der Waals surface area contributed by atoms with Crippen LogP contribution < -0.4 is 0 Å². The lowest BCUT2D eigenvalue weighted by atomic mass is 10.0. The lowest BCUT2D eigenvalue weighted by Gasteiger charge is -2.06. The van der Waals surface area contributed by atoms with Crippen LogP contribution >= 0.6 is 0 Å². The SMILES string of the molecule is N=C1c2ccccc2CCc2cc3cn[nH]c3nc21. The number of rotatable bonds is 0. The van der Waals surface area contributed by atoms with Crippen molar-refractivity contribution in [3.8, 4) is 0 Å². The molecule has 1 aromatic carbocycles. The highest BCUT2D eigenvalue weighted by atomic mass is 15.1. The predicted molar refractivity (Wildman–Crippen MR) is 73.7 cm³/mol. The maximum atomic E-state index is 8.42. The normalized spacial score (nSPS) is 14.0. The standard InChI is InChI=1S/C15H12N4/c16-13-12-4-2-1-3-9(12)5-6-10-7-11-8-17-19-15(11)18-14(10)13/h1-4,7-8,16H,5-6H2,(H,17,18,19). The van der Waals surface area contributed by atoms with Gasteiger partial charge in [0.05, 0.1) is 17.6 Å². The van der Waals surface area contributed by atoms with Crippen molar-refractivity contribution < 1.29 is 0 Å². The molecule has 1 aliphatic carbocycles. The minimum absolute atomic E-state index is 0.514. The summed E-state index contributed by atoms with van der Waals surface area (Å²) < 4.78 is 0. The Balaban J connectivity index is 1.99. The molecule has 0 amide bonds. The summed E-state index contributed by atoms with van der Waals surface area (Å²) in [7, 11) is 0. The molecular formula is C15H12N4. The fourth-order valence-corrected chi connectivity index (χ4v) is 2.71. The number of H-pyrrole nitrogens is 1. The van der Waals surface area contributed by atoms with Gasteiger partial charge in [-0.25, -0.2) is 4.98 Å². The first kappa shape index (κ1) is 10.4. The van der Waals surface area contributed by atoms with Crippen molar-refractivity contribution in [3.05, 3.63) is 58.9 Å². The van der Waals surface area contributed by atoms with Crippen molar-refractivity contribution in [2.75, 3.05) is 0 Å². The molecule has 0 spiro atoms. The van der Waals surface area contributed by atoms with Crippen LogP contribution in [0.5, 0.6) is 0 Å². The van der Waals surface area contributed by atoms with Crippen LogP contribution in [0.3, 0.4) is 0 Å². The smallest absolute Gasteiger partial charge is 0.155 e. The third-order valence-corrected chi connectivity index (χ3v) is 3.69. The second-order valence-electron chi connectivity index (χ2n) is 4.84. The number of aryl methyl sites for hydroxylation is 2. The first-order valence-electron chi connectivity index (χ1n) is 6.33. The van der Waals surface area contributed by atoms with E-state index in [1.54, 1.807) is 6.20 Å². The molecule has 0 saturated heterocycles. The Morgan fingerprint density at radius 1 is 1.11 bits per heavy atom. The molecule has 1 aliphatic rings. The average molecular weight is 248 g/mol. The number of aromatic amines is 1. The number of nitrogens with zero attached hydrogens (tertiary/aromatic N) is 2. The van der Waals surface area contributed by atoms with Gasteiger partial charge in [0.25, 0.3) is 0 Å². The largest absolute Gasteiger partial charge is 0.298 e. The Morgan fingerprint density at radius 2 is 1.95 bits per heavy atom. The van der Waals surface area contributed by atoms with Crippen LogP contribution in [0.25, 0.3) is 11.0 Å². The molecule has 0 radical (unpaired) electrons. The van der Waals surface area contributed by atoms with Crippen molar-refractivity contribution in [3.63, 3.8) is 0 Å². The third kappa shape index (κ3) is 1.50. The van der Waals surface area contributed by atoms with Gasteiger partial charge in [-0.15, -0.1) is 0 Å². The van der Waals surface area contributed by atoms with Crippen molar-refractivity contribution in [2.24, 2.45) is 0 Å². The number of fused-ring (bicyclic) bond motifs is 3. The van der Waals surface area contributed by atoms with Gasteiger partial charge in [-0.3, -0.25) is 10.5 Å². The second kappa shape index (κ2) is 3.75. The highest BCUT2D eigenvalue weighted by Gasteiger charge is 2.20. The molecule has 0 saturated carbocycles. The summed E-state index contributed by atoms with van der Waals surface area (Å²) in [5.41, 5.74) is 5.40. The van der Waals surface area contributed by atoms with Crippen molar-refractivity contribution in [2.45, 2.75) is 12.8 Å². The number of hydrogen-bond donors (Lipinski definition) is 2. The Kier molecular flexibility index (Phi) is 2.06. The first-order valence-corrected chi connectivity index (χ1v) is 6.33. The number of aromatic nitrogens is 3. The molecule has 92 valence electrons.